The number of imidazole rings is 1. The van der Waals surface area contributed by atoms with Gasteiger partial charge in [-0.2, -0.15) is 0 Å². The van der Waals surface area contributed by atoms with Crippen LogP contribution in [-0.2, 0) is 4.79 Å². The molecule has 0 spiro atoms. The van der Waals surface area contributed by atoms with E-state index in [1.807, 2.05) is 20.8 Å². The van der Waals surface area contributed by atoms with E-state index in [0.29, 0.717) is 17.0 Å². The van der Waals surface area contributed by atoms with E-state index >= 15 is 0 Å². The number of aliphatic carboxylic acids is 1. The largest absolute Gasteiger partial charge is 0.481 e. The maximum absolute atomic E-state index is 11.0. The Balaban J connectivity index is 2.30. The zero-order chi connectivity index (χ0) is 14.0. The number of aromatic amines is 1. The molecule has 2 heterocycles. The lowest BCUT2D eigenvalue weighted by atomic mass is 9.85. The van der Waals surface area contributed by atoms with Crippen molar-refractivity contribution in [2.75, 3.05) is 5.32 Å². The van der Waals surface area contributed by atoms with Crippen molar-refractivity contribution in [2.45, 2.75) is 33.2 Å². The predicted octanol–water partition coefficient (Wildman–Crippen LogP) is 1.65. The van der Waals surface area contributed by atoms with Crippen LogP contribution in [0, 0.1) is 5.41 Å². The zero-order valence-corrected chi connectivity index (χ0v) is 11.1. The van der Waals surface area contributed by atoms with E-state index in [1.165, 1.54) is 12.7 Å². The molecule has 0 saturated carbocycles. The van der Waals surface area contributed by atoms with Gasteiger partial charge in [0.15, 0.2) is 11.5 Å². The molecule has 7 heteroatoms. The van der Waals surface area contributed by atoms with Crippen LogP contribution in [0.3, 0.4) is 0 Å². The van der Waals surface area contributed by atoms with Crippen molar-refractivity contribution in [3.05, 3.63) is 12.7 Å². The van der Waals surface area contributed by atoms with Crippen molar-refractivity contribution >= 4 is 23.0 Å². The number of carbonyl (C=O) groups is 1. The minimum Gasteiger partial charge on any atom is -0.481 e. The van der Waals surface area contributed by atoms with Crippen molar-refractivity contribution in [3.63, 3.8) is 0 Å². The van der Waals surface area contributed by atoms with E-state index in [2.05, 4.69) is 25.3 Å². The van der Waals surface area contributed by atoms with Crippen molar-refractivity contribution < 1.29 is 9.90 Å². The molecular weight excluding hydrogens is 246 g/mol. The third kappa shape index (κ3) is 2.98. The van der Waals surface area contributed by atoms with Crippen molar-refractivity contribution in [1.82, 2.24) is 19.9 Å². The van der Waals surface area contributed by atoms with Crippen LogP contribution in [0.4, 0.5) is 5.82 Å². The van der Waals surface area contributed by atoms with Crippen molar-refractivity contribution in [1.29, 1.82) is 0 Å². The van der Waals surface area contributed by atoms with Gasteiger partial charge in [-0.05, 0) is 5.41 Å². The second-order valence-electron chi connectivity index (χ2n) is 5.48. The first-order valence-corrected chi connectivity index (χ1v) is 6.00. The summed E-state index contributed by atoms with van der Waals surface area (Å²) < 4.78 is 0. The molecule has 0 radical (unpaired) electrons. The fourth-order valence-corrected chi connectivity index (χ4v) is 1.79. The van der Waals surface area contributed by atoms with Crippen LogP contribution in [0.2, 0.25) is 0 Å². The zero-order valence-electron chi connectivity index (χ0n) is 11.1. The van der Waals surface area contributed by atoms with E-state index in [-0.39, 0.29) is 17.9 Å². The smallest absolute Gasteiger partial charge is 0.305 e. The van der Waals surface area contributed by atoms with Crippen LogP contribution in [-0.4, -0.2) is 37.1 Å². The van der Waals surface area contributed by atoms with Gasteiger partial charge in [0.2, 0.25) is 0 Å². The molecule has 0 saturated heterocycles. The third-order valence-electron chi connectivity index (χ3n) is 2.96. The number of carboxylic acids is 1. The molecule has 7 nitrogen and oxygen atoms in total. The van der Waals surface area contributed by atoms with E-state index in [9.17, 15) is 4.79 Å². The lowest BCUT2D eigenvalue weighted by Crippen LogP contribution is -2.36. The lowest BCUT2D eigenvalue weighted by molar-refractivity contribution is -0.137. The standard InChI is InChI=1S/C12H17N5O2/c1-12(2,3)7(4-8(18)19)17-11-9-10(14-5-13-9)15-6-16-11/h5-7H,4H2,1-3H3,(H,18,19)(H2,13,14,15,16,17). The predicted molar refractivity (Wildman–Crippen MR) is 70.8 cm³/mol. The van der Waals surface area contributed by atoms with Crippen LogP contribution in [0.5, 0.6) is 0 Å². The summed E-state index contributed by atoms with van der Waals surface area (Å²) in [6.07, 6.45) is 2.96. The van der Waals surface area contributed by atoms with E-state index in [4.69, 9.17) is 5.11 Å². The molecule has 2 rings (SSSR count). The number of hydrogen-bond donors (Lipinski definition) is 3. The molecule has 3 N–H and O–H groups in total. The van der Waals surface area contributed by atoms with Gasteiger partial charge >= 0.3 is 5.97 Å². The Kier molecular flexibility index (Phi) is 3.37. The molecule has 2 aromatic heterocycles. The number of anilines is 1. The first-order valence-electron chi connectivity index (χ1n) is 6.00. The fourth-order valence-electron chi connectivity index (χ4n) is 1.79. The minimum atomic E-state index is -0.845. The maximum atomic E-state index is 11.0. The van der Waals surface area contributed by atoms with Gasteiger partial charge in [-0.1, -0.05) is 20.8 Å². The molecule has 19 heavy (non-hydrogen) atoms. The molecule has 0 aliphatic carbocycles. The molecule has 0 bridgehead atoms. The van der Waals surface area contributed by atoms with Gasteiger partial charge in [-0.3, -0.25) is 4.79 Å². The van der Waals surface area contributed by atoms with Crippen molar-refractivity contribution in [3.8, 4) is 0 Å². The summed E-state index contributed by atoms with van der Waals surface area (Å²) in [6, 6.07) is -0.244. The molecule has 1 unspecified atom stereocenters. The summed E-state index contributed by atoms with van der Waals surface area (Å²) in [4.78, 5) is 26.1. The first kappa shape index (κ1) is 13.3. The Labute approximate surface area is 110 Å². The Morgan fingerprint density at radius 2 is 2.16 bits per heavy atom. The summed E-state index contributed by atoms with van der Waals surface area (Å²) in [5, 5.41) is 12.2. The number of nitrogens with zero attached hydrogens (tertiary/aromatic N) is 3. The number of fused-ring (bicyclic) bond motifs is 1. The summed E-state index contributed by atoms with van der Waals surface area (Å²) in [7, 11) is 0. The van der Waals surface area contributed by atoms with Crippen LogP contribution in [0.1, 0.15) is 27.2 Å². The highest BCUT2D eigenvalue weighted by molar-refractivity contribution is 5.82. The second-order valence-corrected chi connectivity index (χ2v) is 5.48. The lowest BCUT2D eigenvalue weighted by Gasteiger charge is -2.30. The van der Waals surface area contributed by atoms with Gasteiger partial charge in [-0.15, -0.1) is 0 Å². The van der Waals surface area contributed by atoms with Gasteiger partial charge in [0.25, 0.3) is 0 Å². The first-order chi connectivity index (χ1) is 8.88. The molecule has 102 valence electrons. The van der Waals surface area contributed by atoms with E-state index in [0.717, 1.165) is 0 Å². The topological polar surface area (TPSA) is 104 Å². The normalized spacial score (nSPS) is 13.4. The highest BCUT2D eigenvalue weighted by atomic mass is 16.4. The number of H-pyrrole nitrogens is 1. The molecule has 1 atom stereocenters. The fraction of sp³-hybridized carbons (Fsp3) is 0.500. The number of hydrogen-bond acceptors (Lipinski definition) is 5. The molecule has 0 aliphatic heterocycles. The molecule has 0 amide bonds. The number of nitrogens with one attached hydrogen (secondary N) is 2. The Hall–Kier alpha value is -2.18. The summed E-state index contributed by atoms with van der Waals surface area (Å²) in [5.74, 6) is -0.272. The number of rotatable bonds is 4. The molecule has 0 aliphatic rings. The minimum absolute atomic E-state index is 0.0170. The Bertz CT molecular complexity index is 587. The molecule has 0 fully saturated rings. The molecule has 0 aromatic carbocycles. The van der Waals surface area contributed by atoms with Crippen molar-refractivity contribution in [2.24, 2.45) is 5.41 Å². The summed E-state index contributed by atoms with van der Waals surface area (Å²) in [5.41, 5.74) is 1.03. The van der Waals surface area contributed by atoms with Gasteiger partial charge < -0.3 is 15.4 Å². The van der Waals surface area contributed by atoms with Gasteiger partial charge in [-0.25, -0.2) is 15.0 Å². The van der Waals surface area contributed by atoms with Crippen LogP contribution >= 0.6 is 0 Å². The van der Waals surface area contributed by atoms with Crippen LogP contribution < -0.4 is 5.32 Å². The molecule has 2 aromatic rings. The SMILES string of the molecule is CC(C)(C)C(CC(=O)O)Nc1ncnc2nc[nH]c12. The third-order valence-corrected chi connectivity index (χ3v) is 2.96. The van der Waals surface area contributed by atoms with Gasteiger partial charge in [0.1, 0.15) is 11.8 Å². The maximum Gasteiger partial charge on any atom is 0.305 e. The van der Waals surface area contributed by atoms with Gasteiger partial charge in [0, 0.05) is 6.04 Å². The van der Waals surface area contributed by atoms with Crippen LogP contribution in [0.25, 0.3) is 11.2 Å². The Morgan fingerprint density at radius 1 is 1.42 bits per heavy atom. The van der Waals surface area contributed by atoms with E-state index < -0.39 is 5.97 Å². The number of carboxylic acid groups (broad SMARTS) is 1. The molecular formula is C12H17N5O2. The van der Waals surface area contributed by atoms with E-state index in [1.54, 1.807) is 0 Å². The monoisotopic (exact) mass is 263 g/mol. The highest BCUT2D eigenvalue weighted by Gasteiger charge is 2.27. The summed E-state index contributed by atoms with van der Waals surface area (Å²) in [6.45, 7) is 5.96. The second kappa shape index (κ2) is 4.83. The average molecular weight is 263 g/mol. The Morgan fingerprint density at radius 3 is 2.79 bits per heavy atom. The quantitative estimate of drug-likeness (QED) is 0.775. The summed E-state index contributed by atoms with van der Waals surface area (Å²) >= 11 is 0. The number of aromatic nitrogens is 4. The highest BCUT2D eigenvalue weighted by Crippen LogP contribution is 2.26. The average Bonchev–Trinajstić information content (AvgIpc) is 2.75. The van der Waals surface area contributed by atoms with Crippen LogP contribution in [0.15, 0.2) is 12.7 Å². The van der Waals surface area contributed by atoms with Gasteiger partial charge in [0.05, 0.1) is 12.7 Å².